The lowest BCUT2D eigenvalue weighted by Crippen LogP contribution is -2.13. The molecule has 0 atom stereocenters. The number of thiazole rings is 1. The van der Waals surface area contributed by atoms with Crippen molar-refractivity contribution >= 4 is 33.3 Å². The van der Waals surface area contributed by atoms with Gasteiger partial charge in [0.2, 0.25) is 0 Å². The molecule has 1 N–H and O–H groups in total. The van der Waals surface area contributed by atoms with Crippen LogP contribution in [0.4, 0.5) is 5.13 Å². The van der Waals surface area contributed by atoms with Crippen molar-refractivity contribution in [2.45, 2.75) is 13.8 Å². The number of anilines is 1. The quantitative estimate of drug-likeness (QED) is 0.334. The van der Waals surface area contributed by atoms with E-state index in [-0.39, 0.29) is 5.91 Å². The van der Waals surface area contributed by atoms with E-state index >= 15 is 0 Å². The number of hydrogen-bond acceptors (Lipinski definition) is 4. The van der Waals surface area contributed by atoms with Crippen molar-refractivity contribution in [3.05, 3.63) is 102 Å². The van der Waals surface area contributed by atoms with Gasteiger partial charge in [-0.3, -0.25) is 10.1 Å². The summed E-state index contributed by atoms with van der Waals surface area (Å²) in [6.07, 6.45) is 0. The number of carbonyl (C=O) groups is 1. The van der Waals surface area contributed by atoms with E-state index in [1.54, 1.807) is 6.07 Å². The lowest BCUT2D eigenvalue weighted by Gasteiger charge is -2.04. The first-order valence-electron chi connectivity index (χ1n) is 10.4. The Balaban J connectivity index is 1.52. The Hall–Kier alpha value is -3.83. The summed E-state index contributed by atoms with van der Waals surface area (Å²) in [4.78, 5) is 23.3. The van der Waals surface area contributed by atoms with Gasteiger partial charge in [0, 0.05) is 10.9 Å². The predicted octanol–water partition coefficient (Wildman–Crippen LogP) is 6.89. The van der Waals surface area contributed by atoms with Crippen LogP contribution in [0, 0.1) is 13.8 Å². The van der Waals surface area contributed by atoms with Crippen LogP contribution in [0.1, 0.15) is 21.6 Å². The van der Waals surface area contributed by atoms with Crippen molar-refractivity contribution in [3.63, 3.8) is 0 Å². The van der Waals surface area contributed by atoms with Crippen molar-refractivity contribution in [3.8, 4) is 21.7 Å². The number of hydrogen-bond donors (Lipinski definition) is 1. The number of amides is 1. The average Bonchev–Trinajstić information content (AvgIpc) is 3.23. The molecule has 0 fully saturated rings. The van der Waals surface area contributed by atoms with Gasteiger partial charge >= 0.3 is 0 Å². The molecule has 1 amide bonds. The largest absolute Gasteiger partial charge is 0.296 e. The molecule has 2 aromatic heterocycles. The standard InChI is InChI=1S/C27H21N3OS/c1-17-7-11-20(12-8-17)24-25(21-13-9-18(2)10-14-21)32-27(29-24)30-26(31)23-16-15-19-5-3-4-6-22(19)28-23/h3-16H,1-2H3,(H,29,30,31). The summed E-state index contributed by atoms with van der Waals surface area (Å²) in [5, 5.41) is 4.51. The van der Waals surface area contributed by atoms with Gasteiger partial charge in [0.15, 0.2) is 5.13 Å². The van der Waals surface area contributed by atoms with Crippen LogP contribution in [0.25, 0.3) is 32.6 Å². The molecular formula is C27H21N3OS. The van der Waals surface area contributed by atoms with E-state index in [4.69, 9.17) is 4.98 Å². The third-order valence-corrected chi connectivity index (χ3v) is 6.34. The topological polar surface area (TPSA) is 54.9 Å². The fourth-order valence-corrected chi connectivity index (χ4v) is 4.52. The average molecular weight is 436 g/mol. The lowest BCUT2D eigenvalue weighted by atomic mass is 10.0. The number of aromatic nitrogens is 2. The summed E-state index contributed by atoms with van der Waals surface area (Å²) >= 11 is 1.47. The van der Waals surface area contributed by atoms with Crippen LogP contribution >= 0.6 is 11.3 Å². The first-order chi connectivity index (χ1) is 15.6. The molecule has 5 rings (SSSR count). The molecule has 2 heterocycles. The Labute approximate surface area is 190 Å². The molecule has 0 aliphatic carbocycles. The fraction of sp³-hybridized carbons (Fsp3) is 0.0741. The van der Waals surface area contributed by atoms with Crippen molar-refractivity contribution in [1.82, 2.24) is 9.97 Å². The number of pyridine rings is 1. The Bertz CT molecular complexity index is 1360. The summed E-state index contributed by atoms with van der Waals surface area (Å²) in [7, 11) is 0. The van der Waals surface area contributed by atoms with E-state index < -0.39 is 0 Å². The van der Waals surface area contributed by atoms with E-state index in [2.05, 4.69) is 72.7 Å². The first-order valence-corrected chi connectivity index (χ1v) is 11.2. The highest BCUT2D eigenvalue weighted by Gasteiger charge is 2.18. The van der Waals surface area contributed by atoms with Gasteiger partial charge < -0.3 is 0 Å². The van der Waals surface area contributed by atoms with Crippen molar-refractivity contribution in [1.29, 1.82) is 0 Å². The Morgan fingerprint density at radius 2 is 1.41 bits per heavy atom. The van der Waals surface area contributed by atoms with E-state index in [1.165, 1.54) is 22.5 Å². The number of benzene rings is 3. The zero-order valence-electron chi connectivity index (χ0n) is 17.8. The summed E-state index contributed by atoms with van der Waals surface area (Å²) in [5.74, 6) is -0.268. The summed E-state index contributed by atoms with van der Waals surface area (Å²) in [6.45, 7) is 4.13. The minimum Gasteiger partial charge on any atom is -0.296 e. The van der Waals surface area contributed by atoms with E-state index in [9.17, 15) is 4.79 Å². The normalized spacial score (nSPS) is 10.9. The van der Waals surface area contributed by atoms with Gasteiger partial charge in [0.1, 0.15) is 5.69 Å². The van der Waals surface area contributed by atoms with E-state index in [0.717, 1.165) is 32.6 Å². The number of fused-ring (bicyclic) bond motifs is 1. The van der Waals surface area contributed by atoms with Crippen LogP contribution in [0.2, 0.25) is 0 Å². The van der Waals surface area contributed by atoms with Crippen LogP contribution < -0.4 is 5.32 Å². The van der Waals surface area contributed by atoms with Gasteiger partial charge in [-0.1, -0.05) is 95.3 Å². The third-order valence-electron chi connectivity index (χ3n) is 5.32. The lowest BCUT2D eigenvalue weighted by molar-refractivity contribution is 0.102. The van der Waals surface area contributed by atoms with Crippen LogP contribution in [0.3, 0.4) is 0 Å². The molecule has 0 bridgehead atoms. The predicted molar refractivity (Wildman–Crippen MR) is 132 cm³/mol. The van der Waals surface area contributed by atoms with Gasteiger partial charge in [-0.15, -0.1) is 0 Å². The number of para-hydroxylation sites is 1. The van der Waals surface area contributed by atoms with Crippen molar-refractivity contribution < 1.29 is 4.79 Å². The van der Waals surface area contributed by atoms with E-state index in [1.807, 2.05) is 30.3 Å². The van der Waals surface area contributed by atoms with Gasteiger partial charge in [-0.2, -0.15) is 0 Å². The summed E-state index contributed by atoms with van der Waals surface area (Å²) < 4.78 is 0. The summed E-state index contributed by atoms with van der Waals surface area (Å²) in [6, 6.07) is 28.1. The fourth-order valence-electron chi connectivity index (χ4n) is 3.53. The molecule has 0 radical (unpaired) electrons. The maximum atomic E-state index is 12.9. The minimum absolute atomic E-state index is 0.268. The highest BCUT2D eigenvalue weighted by Crippen LogP contribution is 2.39. The maximum absolute atomic E-state index is 12.9. The first kappa shape index (κ1) is 20.1. The van der Waals surface area contributed by atoms with E-state index in [0.29, 0.717) is 10.8 Å². The molecule has 32 heavy (non-hydrogen) atoms. The molecule has 0 aliphatic rings. The number of nitrogens with zero attached hydrogens (tertiary/aromatic N) is 2. The number of carbonyl (C=O) groups excluding carboxylic acids is 1. The second-order valence-corrected chi connectivity index (χ2v) is 8.77. The maximum Gasteiger partial charge on any atom is 0.276 e. The highest BCUT2D eigenvalue weighted by molar-refractivity contribution is 7.19. The molecule has 5 heteroatoms. The van der Waals surface area contributed by atoms with Gasteiger partial charge in [-0.25, -0.2) is 9.97 Å². The smallest absolute Gasteiger partial charge is 0.276 e. The third kappa shape index (κ3) is 4.03. The zero-order valence-corrected chi connectivity index (χ0v) is 18.6. The zero-order chi connectivity index (χ0) is 22.1. The van der Waals surface area contributed by atoms with Crippen LogP contribution in [-0.2, 0) is 0 Å². The Morgan fingerprint density at radius 1 is 0.750 bits per heavy atom. The SMILES string of the molecule is Cc1ccc(-c2nc(NC(=O)c3ccc4ccccc4n3)sc2-c2ccc(C)cc2)cc1. The second-order valence-electron chi connectivity index (χ2n) is 7.77. The number of rotatable bonds is 4. The Kier molecular flexibility index (Phi) is 5.25. The summed E-state index contributed by atoms with van der Waals surface area (Å²) in [5.41, 5.74) is 6.51. The monoisotopic (exact) mass is 435 g/mol. The second kappa shape index (κ2) is 8.36. The van der Waals surface area contributed by atoms with Gasteiger partial charge in [0.25, 0.3) is 5.91 Å². The minimum atomic E-state index is -0.268. The number of nitrogens with one attached hydrogen (secondary N) is 1. The molecular weight excluding hydrogens is 414 g/mol. The molecule has 0 saturated heterocycles. The molecule has 156 valence electrons. The Morgan fingerprint density at radius 3 is 2.12 bits per heavy atom. The van der Waals surface area contributed by atoms with Gasteiger partial charge in [-0.05, 0) is 31.5 Å². The van der Waals surface area contributed by atoms with Crippen LogP contribution in [0.15, 0.2) is 84.9 Å². The highest BCUT2D eigenvalue weighted by atomic mass is 32.1. The number of aryl methyl sites for hydroxylation is 2. The molecule has 3 aromatic carbocycles. The van der Waals surface area contributed by atoms with Crippen LogP contribution in [0.5, 0.6) is 0 Å². The van der Waals surface area contributed by atoms with Crippen LogP contribution in [-0.4, -0.2) is 15.9 Å². The van der Waals surface area contributed by atoms with Crippen molar-refractivity contribution in [2.24, 2.45) is 0 Å². The van der Waals surface area contributed by atoms with Crippen molar-refractivity contribution in [2.75, 3.05) is 5.32 Å². The molecule has 0 spiro atoms. The molecule has 5 aromatic rings. The molecule has 0 saturated carbocycles. The molecule has 4 nitrogen and oxygen atoms in total. The van der Waals surface area contributed by atoms with Gasteiger partial charge in [0.05, 0.1) is 16.1 Å². The molecule has 0 unspecified atom stereocenters. The molecule has 0 aliphatic heterocycles.